The van der Waals surface area contributed by atoms with Gasteiger partial charge in [0.1, 0.15) is 23.2 Å². The van der Waals surface area contributed by atoms with E-state index < -0.39 is 0 Å². The number of rotatable bonds is 6. The molecule has 12 unspecified atom stereocenters. The predicted octanol–water partition coefficient (Wildman–Crippen LogP) is 13.3. The summed E-state index contributed by atoms with van der Waals surface area (Å²) in [5.41, 5.74) is 13.4. The number of hydrogen-bond donors (Lipinski definition) is 1. The molecule has 0 radical (unpaired) electrons. The summed E-state index contributed by atoms with van der Waals surface area (Å²) in [4.78, 5) is 0. The van der Waals surface area contributed by atoms with Crippen molar-refractivity contribution in [3.63, 3.8) is 0 Å². The monoisotopic (exact) mass is 831 g/mol. The third-order valence-corrected chi connectivity index (χ3v) is 17.2. The number of benzene rings is 2. The molecule has 0 bridgehead atoms. The maximum Gasteiger partial charge on any atom is 0.134 e. The standard InChI is InChI=1S/C59H61NO3/c1-2-10-37(11-3-1)52-34-45(35-53(60-52)38-20-18-36(19-21-38)39-22-25-57-49(31-39)46-12-4-7-15-54(46)61-57)44-29-42(40-23-26-58-50(32-40)47-13-5-8-16-55(47)62-58)28-43(30-44)41-24-27-59-51(33-41)48-14-6-9-17-56(48)63-59/h1-2,4-10,12-18,23,26,28,32-33,35,38-39,42,44,47,49-50,52-53,55,57-58,60H,3,11,19-22,24-25,27,29-31,34H2. The molecule has 63 heavy (non-hydrogen) atoms. The normalized spacial score (nSPS) is 36.4. The van der Waals surface area contributed by atoms with E-state index in [0.29, 0.717) is 59.6 Å². The minimum Gasteiger partial charge on any atom is -0.489 e. The van der Waals surface area contributed by atoms with Gasteiger partial charge in [0.25, 0.3) is 0 Å². The van der Waals surface area contributed by atoms with E-state index in [0.717, 1.165) is 49.2 Å². The molecule has 0 spiro atoms. The molecule has 7 aliphatic carbocycles. The van der Waals surface area contributed by atoms with Crippen LogP contribution >= 0.6 is 0 Å². The van der Waals surface area contributed by atoms with E-state index in [1.165, 1.54) is 79.0 Å². The highest BCUT2D eigenvalue weighted by atomic mass is 16.5. The maximum absolute atomic E-state index is 6.57. The Labute approximate surface area is 373 Å². The topological polar surface area (TPSA) is 43.6 Å². The van der Waals surface area contributed by atoms with Gasteiger partial charge in [0.15, 0.2) is 0 Å². The lowest BCUT2D eigenvalue weighted by atomic mass is 9.68. The molecule has 12 atom stereocenters. The van der Waals surface area contributed by atoms with Gasteiger partial charge < -0.3 is 19.2 Å². The van der Waals surface area contributed by atoms with Gasteiger partial charge in [-0.25, -0.2) is 0 Å². The average molecular weight is 832 g/mol. The van der Waals surface area contributed by atoms with Gasteiger partial charge in [0.05, 0.1) is 12.2 Å². The third kappa shape index (κ3) is 7.02. The van der Waals surface area contributed by atoms with Crippen LogP contribution < -0.4 is 10.1 Å². The fraction of sp³-hybridized carbons (Fsp3) is 0.424. The van der Waals surface area contributed by atoms with Crippen LogP contribution in [0, 0.1) is 35.5 Å². The number of ether oxygens (including phenoxy) is 2. The molecular formula is C59H61NO3. The second-order valence-corrected chi connectivity index (χ2v) is 20.6. The zero-order chi connectivity index (χ0) is 41.4. The molecule has 2 aromatic carbocycles. The first-order valence-electron chi connectivity index (χ1n) is 24.7. The third-order valence-electron chi connectivity index (χ3n) is 17.2. The Bertz CT molecular complexity index is 2630. The van der Waals surface area contributed by atoms with Crippen molar-refractivity contribution in [2.75, 3.05) is 0 Å². The maximum atomic E-state index is 6.57. The molecule has 2 fully saturated rings. The van der Waals surface area contributed by atoms with Crippen LogP contribution in [-0.2, 0) is 11.2 Å². The zero-order valence-electron chi connectivity index (χ0n) is 36.5. The van der Waals surface area contributed by atoms with Crippen LogP contribution in [0.15, 0.2) is 165 Å². The molecule has 1 saturated carbocycles. The Morgan fingerprint density at radius 1 is 0.698 bits per heavy atom. The lowest BCUT2D eigenvalue weighted by Crippen LogP contribution is -2.47. The summed E-state index contributed by atoms with van der Waals surface area (Å²) in [6, 6.07) is 18.2. The number of aryl methyl sites for hydroxylation is 1. The van der Waals surface area contributed by atoms with Crippen LogP contribution in [0.25, 0.3) is 17.0 Å². The SMILES string of the molecule is C1=CCCC(C2CC(C3CC(C4=Cc5c(oc6ccccc56)CC4)=CC(C4=CC5C(C=C4)OC4C=CC=CC45)C3)=CC(C3CC=C(C4CCC5Oc6ccccc6C5C4)CC3)N2)=C1. The molecule has 4 nitrogen and oxygen atoms in total. The first kappa shape index (κ1) is 38.5. The number of para-hydroxylation sites is 2. The molecule has 1 saturated heterocycles. The van der Waals surface area contributed by atoms with Crippen molar-refractivity contribution in [3.05, 3.63) is 178 Å². The summed E-state index contributed by atoms with van der Waals surface area (Å²) in [7, 11) is 0. The number of allylic oxidation sites excluding steroid dienone is 12. The lowest BCUT2D eigenvalue weighted by Gasteiger charge is -2.42. The molecule has 3 aromatic rings. The van der Waals surface area contributed by atoms with Gasteiger partial charge in [-0.05, 0) is 130 Å². The van der Waals surface area contributed by atoms with E-state index in [9.17, 15) is 0 Å². The molecule has 13 rings (SSSR count). The van der Waals surface area contributed by atoms with Gasteiger partial charge in [0, 0.05) is 58.7 Å². The van der Waals surface area contributed by atoms with E-state index in [4.69, 9.17) is 13.9 Å². The minimum absolute atomic E-state index is 0.160. The second-order valence-electron chi connectivity index (χ2n) is 20.6. The van der Waals surface area contributed by atoms with Crippen molar-refractivity contribution >= 4 is 17.0 Å². The van der Waals surface area contributed by atoms with Gasteiger partial charge in [-0.1, -0.05) is 132 Å². The number of fused-ring (bicyclic) bond motifs is 9. The molecular weight excluding hydrogens is 771 g/mol. The first-order valence-corrected chi connectivity index (χ1v) is 24.7. The molecule has 0 amide bonds. The minimum atomic E-state index is 0.160. The van der Waals surface area contributed by atoms with Crippen LogP contribution in [0.4, 0.5) is 0 Å². The molecule has 10 aliphatic rings. The van der Waals surface area contributed by atoms with Crippen molar-refractivity contribution < 1.29 is 13.9 Å². The molecule has 1 N–H and O–H groups in total. The highest BCUT2D eigenvalue weighted by Gasteiger charge is 2.44. The summed E-state index contributed by atoms with van der Waals surface area (Å²) in [5.74, 6) is 5.83. The van der Waals surface area contributed by atoms with Gasteiger partial charge in [-0.2, -0.15) is 0 Å². The molecule has 4 heterocycles. The Morgan fingerprint density at radius 2 is 1.62 bits per heavy atom. The Morgan fingerprint density at radius 3 is 2.56 bits per heavy atom. The summed E-state index contributed by atoms with van der Waals surface area (Å²) in [5, 5.41) is 5.56. The van der Waals surface area contributed by atoms with Gasteiger partial charge in [-0.3, -0.25) is 0 Å². The van der Waals surface area contributed by atoms with Crippen molar-refractivity contribution in [2.24, 2.45) is 35.5 Å². The highest BCUT2D eigenvalue weighted by molar-refractivity contribution is 5.90. The van der Waals surface area contributed by atoms with E-state index in [1.54, 1.807) is 22.3 Å². The van der Waals surface area contributed by atoms with Gasteiger partial charge in [0.2, 0.25) is 0 Å². The van der Waals surface area contributed by atoms with Crippen LogP contribution in [0.5, 0.6) is 5.75 Å². The highest BCUT2D eigenvalue weighted by Crippen LogP contribution is 2.51. The number of furan rings is 1. The number of nitrogens with one attached hydrogen (secondary N) is 1. The van der Waals surface area contributed by atoms with Crippen LogP contribution in [0.1, 0.15) is 99.9 Å². The zero-order valence-corrected chi connectivity index (χ0v) is 36.5. The molecule has 4 heteroatoms. The quantitative estimate of drug-likeness (QED) is 0.251. The average Bonchev–Trinajstić information content (AvgIpc) is 4.04. The predicted molar refractivity (Wildman–Crippen MR) is 254 cm³/mol. The lowest BCUT2D eigenvalue weighted by molar-refractivity contribution is 0.0881. The Hall–Kier alpha value is -4.90. The fourth-order valence-electron chi connectivity index (χ4n) is 13.9. The number of hydrogen-bond acceptors (Lipinski definition) is 4. The van der Waals surface area contributed by atoms with Gasteiger partial charge in [-0.15, -0.1) is 0 Å². The van der Waals surface area contributed by atoms with E-state index >= 15 is 0 Å². The van der Waals surface area contributed by atoms with Crippen molar-refractivity contribution in [1.82, 2.24) is 5.32 Å². The van der Waals surface area contributed by atoms with Crippen molar-refractivity contribution in [3.8, 4) is 5.75 Å². The fourth-order valence-corrected chi connectivity index (χ4v) is 13.9. The summed E-state index contributed by atoms with van der Waals surface area (Å²) in [6.07, 6.45) is 50.1. The summed E-state index contributed by atoms with van der Waals surface area (Å²) < 4.78 is 19.4. The molecule has 320 valence electrons. The van der Waals surface area contributed by atoms with Crippen molar-refractivity contribution in [1.29, 1.82) is 0 Å². The smallest absolute Gasteiger partial charge is 0.134 e. The first-order chi connectivity index (χ1) is 31.1. The Kier molecular flexibility index (Phi) is 9.77. The van der Waals surface area contributed by atoms with Crippen LogP contribution in [-0.4, -0.2) is 30.4 Å². The van der Waals surface area contributed by atoms with Crippen molar-refractivity contribution in [2.45, 2.75) is 120 Å². The van der Waals surface area contributed by atoms with Crippen LogP contribution in [0.3, 0.4) is 0 Å². The largest absolute Gasteiger partial charge is 0.489 e. The van der Waals surface area contributed by atoms with E-state index in [1.807, 2.05) is 0 Å². The second kappa shape index (κ2) is 16.0. The Balaban J connectivity index is 0.814. The molecule has 3 aliphatic heterocycles. The van der Waals surface area contributed by atoms with Crippen LogP contribution in [0.2, 0.25) is 0 Å². The van der Waals surface area contributed by atoms with E-state index in [2.05, 4.69) is 139 Å². The van der Waals surface area contributed by atoms with Gasteiger partial charge >= 0.3 is 0 Å². The summed E-state index contributed by atoms with van der Waals surface area (Å²) in [6.45, 7) is 0. The molecule has 1 aromatic heterocycles. The summed E-state index contributed by atoms with van der Waals surface area (Å²) >= 11 is 0. The van der Waals surface area contributed by atoms with E-state index in [-0.39, 0.29) is 12.2 Å².